The Hall–Kier alpha value is -1.69. The van der Waals surface area contributed by atoms with Crippen LogP contribution in [0.15, 0.2) is 53.4 Å². The van der Waals surface area contributed by atoms with E-state index in [0.717, 1.165) is 16.9 Å². The van der Waals surface area contributed by atoms with Gasteiger partial charge in [-0.3, -0.25) is 9.59 Å². The van der Waals surface area contributed by atoms with Gasteiger partial charge in [-0.1, -0.05) is 61.3 Å². The largest absolute Gasteiger partial charge is 0.352 e. The number of rotatable bonds is 11. The summed E-state index contributed by atoms with van der Waals surface area (Å²) < 4.78 is 0. The first-order valence-corrected chi connectivity index (χ1v) is 12.3. The number of thioether (sulfide) groups is 1. The fourth-order valence-electron chi connectivity index (χ4n) is 3.11. The Bertz CT molecular complexity index is 864. The lowest BCUT2D eigenvalue weighted by atomic mass is 10.1. The van der Waals surface area contributed by atoms with Gasteiger partial charge in [0.25, 0.3) is 0 Å². The molecule has 0 aliphatic heterocycles. The Morgan fingerprint density at radius 1 is 1.06 bits per heavy atom. The topological polar surface area (TPSA) is 49.4 Å². The van der Waals surface area contributed by atoms with Crippen molar-refractivity contribution < 1.29 is 9.59 Å². The number of carbonyl (C=O) groups excluding carboxylic acids is 2. The van der Waals surface area contributed by atoms with Crippen molar-refractivity contribution in [1.82, 2.24) is 10.2 Å². The molecule has 0 heterocycles. The fraction of sp³-hybridized carbons (Fsp3) is 0.417. The van der Waals surface area contributed by atoms with E-state index in [1.165, 1.54) is 0 Å². The maximum absolute atomic E-state index is 13.2. The van der Waals surface area contributed by atoms with Crippen molar-refractivity contribution in [2.75, 3.05) is 5.75 Å². The molecule has 0 aliphatic rings. The highest BCUT2D eigenvalue weighted by molar-refractivity contribution is 7.99. The number of nitrogens with one attached hydrogen (secondary N) is 1. The van der Waals surface area contributed by atoms with E-state index in [9.17, 15) is 9.59 Å². The fourth-order valence-corrected chi connectivity index (χ4v) is 4.44. The molecule has 0 spiro atoms. The maximum atomic E-state index is 13.2. The first-order chi connectivity index (χ1) is 14.8. The quantitative estimate of drug-likeness (QED) is 0.389. The molecule has 0 aliphatic carbocycles. The predicted molar refractivity (Wildman–Crippen MR) is 131 cm³/mol. The summed E-state index contributed by atoms with van der Waals surface area (Å²) in [5.74, 6) is 0.434. The molecule has 0 aromatic heterocycles. The average Bonchev–Trinajstić information content (AvgIpc) is 2.75. The van der Waals surface area contributed by atoms with Gasteiger partial charge in [-0.05, 0) is 49.6 Å². The van der Waals surface area contributed by atoms with Crippen LogP contribution in [0.3, 0.4) is 0 Å². The van der Waals surface area contributed by atoms with E-state index < -0.39 is 6.04 Å². The van der Waals surface area contributed by atoms with Crippen LogP contribution in [0.4, 0.5) is 0 Å². The molecule has 4 nitrogen and oxygen atoms in total. The molecule has 2 atom stereocenters. The molecule has 2 amide bonds. The third-order valence-corrected chi connectivity index (χ3v) is 6.67. The summed E-state index contributed by atoms with van der Waals surface area (Å²) in [4.78, 5) is 29.0. The highest BCUT2D eigenvalue weighted by atomic mass is 35.5. The number of nitrogens with zero attached hydrogens (tertiary/aromatic N) is 1. The van der Waals surface area contributed by atoms with Gasteiger partial charge in [-0.25, -0.2) is 0 Å². The van der Waals surface area contributed by atoms with Gasteiger partial charge in [0.2, 0.25) is 11.8 Å². The first kappa shape index (κ1) is 25.6. The van der Waals surface area contributed by atoms with E-state index >= 15 is 0 Å². The highest BCUT2D eigenvalue weighted by Gasteiger charge is 2.29. The van der Waals surface area contributed by atoms with Gasteiger partial charge in [0.1, 0.15) is 6.04 Å². The van der Waals surface area contributed by atoms with Crippen molar-refractivity contribution >= 4 is 46.8 Å². The van der Waals surface area contributed by atoms with Gasteiger partial charge in [0.05, 0.1) is 0 Å². The normalized spacial score (nSPS) is 12.8. The summed E-state index contributed by atoms with van der Waals surface area (Å²) in [6.07, 6.45) is 1.68. The molecular formula is C24H30Cl2N2O2S. The Morgan fingerprint density at radius 2 is 1.77 bits per heavy atom. The van der Waals surface area contributed by atoms with Crippen molar-refractivity contribution in [3.05, 3.63) is 64.1 Å². The molecule has 7 heteroatoms. The monoisotopic (exact) mass is 480 g/mol. The smallest absolute Gasteiger partial charge is 0.243 e. The van der Waals surface area contributed by atoms with Crippen LogP contribution < -0.4 is 5.32 Å². The summed E-state index contributed by atoms with van der Waals surface area (Å²) in [7, 11) is 0. The second kappa shape index (κ2) is 13.0. The van der Waals surface area contributed by atoms with Crippen molar-refractivity contribution in [2.45, 2.75) is 63.6 Å². The Morgan fingerprint density at radius 3 is 2.39 bits per heavy atom. The lowest BCUT2D eigenvalue weighted by Crippen LogP contribution is -2.50. The number of hydrogen-bond donors (Lipinski definition) is 1. The third kappa shape index (κ3) is 8.06. The van der Waals surface area contributed by atoms with Gasteiger partial charge in [-0.15, -0.1) is 11.8 Å². The second-order valence-electron chi connectivity index (χ2n) is 7.41. The van der Waals surface area contributed by atoms with E-state index in [1.54, 1.807) is 28.8 Å². The van der Waals surface area contributed by atoms with Gasteiger partial charge in [0, 0.05) is 39.7 Å². The minimum absolute atomic E-state index is 0.0475. The maximum Gasteiger partial charge on any atom is 0.243 e. The van der Waals surface area contributed by atoms with Gasteiger partial charge in [-0.2, -0.15) is 0 Å². The lowest BCUT2D eigenvalue weighted by molar-refractivity contribution is -0.141. The van der Waals surface area contributed by atoms with Crippen LogP contribution in [-0.4, -0.2) is 34.6 Å². The third-order valence-electron chi connectivity index (χ3n) is 5.07. The number of halogens is 2. The summed E-state index contributed by atoms with van der Waals surface area (Å²) in [6.45, 7) is 6.16. The zero-order chi connectivity index (χ0) is 22.8. The number of carbonyl (C=O) groups is 2. The summed E-state index contributed by atoms with van der Waals surface area (Å²) >= 11 is 14.0. The minimum Gasteiger partial charge on any atom is -0.352 e. The lowest BCUT2D eigenvalue weighted by Gasteiger charge is -2.31. The number of hydrogen-bond acceptors (Lipinski definition) is 3. The molecule has 168 valence electrons. The molecule has 0 bridgehead atoms. The van der Waals surface area contributed by atoms with Crippen LogP contribution in [0, 0.1) is 0 Å². The molecule has 2 aromatic carbocycles. The molecule has 2 rings (SSSR count). The van der Waals surface area contributed by atoms with Crippen LogP contribution in [-0.2, 0) is 16.1 Å². The van der Waals surface area contributed by atoms with Gasteiger partial charge >= 0.3 is 0 Å². The molecule has 2 aromatic rings. The van der Waals surface area contributed by atoms with Gasteiger partial charge in [0.15, 0.2) is 0 Å². The summed E-state index contributed by atoms with van der Waals surface area (Å²) in [6, 6.07) is 14.7. The van der Waals surface area contributed by atoms with Crippen LogP contribution in [0.1, 0.15) is 45.6 Å². The summed E-state index contributed by atoms with van der Waals surface area (Å²) in [5.41, 5.74) is 0.768. The van der Waals surface area contributed by atoms with Crippen LogP contribution in [0.25, 0.3) is 0 Å². The van der Waals surface area contributed by atoms with Crippen molar-refractivity contribution in [2.24, 2.45) is 0 Å². The Balaban J connectivity index is 2.18. The van der Waals surface area contributed by atoms with Crippen molar-refractivity contribution in [1.29, 1.82) is 0 Å². The standard InChI is InChI=1S/C24H30Cl2N2O2S/c1-4-17(3)27-24(30)22(5-2)28(16-18-11-12-19(25)15-21(18)26)23(29)13-14-31-20-9-7-6-8-10-20/h6-12,15,17,22H,4-5,13-14,16H2,1-3H3,(H,27,30). The van der Waals surface area contributed by atoms with Crippen molar-refractivity contribution in [3.8, 4) is 0 Å². The number of amides is 2. The molecule has 0 radical (unpaired) electrons. The zero-order valence-electron chi connectivity index (χ0n) is 18.2. The highest BCUT2D eigenvalue weighted by Crippen LogP contribution is 2.25. The molecule has 31 heavy (non-hydrogen) atoms. The second-order valence-corrected chi connectivity index (χ2v) is 9.42. The Kier molecular flexibility index (Phi) is 10.7. The molecule has 0 saturated carbocycles. The number of benzene rings is 2. The molecular weight excluding hydrogens is 451 g/mol. The first-order valence-electron chi connectivity index (χ1n) is 10.6. The van der Waals surface area contributed by atoms with E-state index in [2.05, 4.69) is 5.32 Å². The predicted octanol–water partition coefficient (Wildman–Crippen LogP) is 6.20. The van der Waals surface area contributed by atoms with E-state index in [4.69, 9.17) is 23.2 Å². The van der Waals surface area contributed by atoms with E-state index in [1.807, 2.05) is 57.2 Å². The van der Waals surface area contributed by atoms with E-state index in [-0.39, 0.29) is 24.4 Å². The summed E-state index contributed by atoms with van der Waals surface area (Å²) in [5, 5.41) is 4.04. The zero-order valence-corrected chi connectivity index (χ0v) is 20.6. The average molecular weight is 481 g/mol. The van der Waals surface area contributed by atoms with Crippen molar-refractivity contribution in [3.63, 3.8) is 0 Å². The van der Waals surface area contributed by atoms with Crippen LogP contribution >= 0.6 is 35.0 Å². The molecule has 0 saturated heterocycles. The Labute approximate surface area is 199 Å². The SMILES string of the molecule is CCC(C)NC(=O)C(CC)N(Cc1ccc(Cl)cc1Cl)C(=O)CCSc1ccccc1. The van der Waals surface area contributed by atoms with E-state index in [0.29, 0.717) is 28.6 Å². The molecule has 1 N–H and O–H groups in total. The minimum atomic E-state index is -0.560. The molecule has 2 unspecified atom stereocenters. The molecule has 0 fully saturated rings. The van der Waals surface area contributed by atoms with Crippen LogP contribution in [0.2, 0.25) is 10.0 Å². The van der Waals surface area contributed by atoms with Gasteiger partial charge < -0.3 is 10.2 Å². The van der Waals surface area contributed by atoms with Crippen LogP contribution in [0.5, 0.6) is 0 Å².